The van der Waals surface area contributed by atoms with E-state index < -0.39 is 11.9 Å². The number of hydrogen-bond donors (Lipinski definition) is 1. The van der Waals surface area contributed by atoms with E-state index in [-0.39, 0.29) is 13.0 Å². The van der Waals surface area contributed by atoms with Gasteiger partial charge in [0.15, 0.2) is 6.61 Å². The topological polar surface area (TPSA) is 73.9 Å². The van der Waals surface area contributed by atoms with E-state index in [4.69, 9.17) is 25.8 Å². The number of aryl methyl sites for hydroxylation is 2. The van der Waals surface area contributed by atoms with Gasteiger partial charge in [-0.25, -0.2) is 0 Å². The number of methoxy groups -OCH3 is 2. The number of hydrogen-bond acceptors (Lipinski definition) is 5. The predicted octanol–water partition coefficient (Wildman–Crippen LogP) is 3.78. The van der Waals surface area contributed by atoms with Gasteiger partial charge in [-0.15, -0.1) is 0 Å². The lowest BCUT2D eigenvalue weighted by Gasteiger charge is -2.10. The van der Waals surface area contributed by atoms with E-state index in [0.29, 0.717) is 28.6 Å². The molecule has 0 fully saturated rings. The standard InChI is InChI=1S/C20H22ClNO5/c1-13-4-6-15(21)10-18(13)22-19(23)12-27-20(24)7-5-14-8-16(25-2)11-17(9-14)26-3/h4,6,8-11H,5,7,12H2,1-3H3,(H,22,23). The summed E-state index contributed by atoms with van der Waals surface area (Å²) < 4.78 is 15.4. The second kappa shape index (κ2) is 9.83. The molecule has 27 heavy (non-hydrogen) atoms. The summed E-state index contributed by atoms with van der Waals surface area (Å²) in [6.07, 6.45) is 0.585. The largest absolute Gasteiger partial charge is 0.497 e. The second-order valence-electron chi connectivity index (χ2n) is 5.89. The minimum atomic E-state index is -0.463. The van der Waals surface area contributed by atoms with Gasteiger partial charge in [0.2, 0.25) is 0 Å². The molecule has 2 rings (SSSR count). The number of carbonyl (C=O) groups excluding carboxylic acids is 2. The Morgan fingerprint density at radius 2 is 1.70 bits per heavy atom. The van der Waals surface area contributed by atoms with Gasteiger partial charge < -0.3 is 19.5 Å². The Bertz CT molecular complexity index is 800. The third-order valence-electron chi connectivity index (χ3n) is 3.87. The van der Waals surface area contributed by atoms with Gasteiger partial charge in [0.1, 0.15) is 11.5 Å². The highest BCUT2D eigenvalue weighted by Gasteiger charge is 2.11. The summed E-state index contributed by atoms with van der Waals surface area (Å²) >= 11 is 5.92. The third kappa shape index (κ3) is 6.49. The zero-order valence-corrected chi connectivity index (χ0v) is 16.3. The maximum atomic E-state index is 12.0. The second-order valence-corrected chi connectivity index (χ2v) is 6.33. The van der Waals surface area contributed by atoms with E-state index in [1.165, 1.54) is 0 Å². The molecule has 7 heteroatoms. The fourth-order valence-electron chi connectivity index (χ4n) is 2.39. The first-order valence-corrected chi connectivity index (χ1v) is 8.72. The van der Waals surface area contributed by atoms with Gasteiger partial charge in [-0.05, 0) is 48.7 Å². The van der Waals surface area contributed by atoms with E-state index in [2.05, 4.69) is 5.32 Å². The molecule has 0 spiro atoms. The van der Waals surface area contributed by atoms with Crippen molar-refractivity contribution in [3.05, 3.63) is 52.5 Å². The summed E-state index contributed by atoms with van der Waals surface area (Å²) in [5, 5.41) is 3.19. The number of halogens is 1. The van der Waals surface area contributed by atoms with E-state index >= 15 is 0 Å². The summed E-state index contributed by atoms with van der Waals surface area (Å²) in [6, 6.07) is 10.6. The van der Waals surface area contributed by atoms with Crippen molar-refractivity contribution in [3.63, 3.8) is 0 Å². The van der Waals surface area contributed by atoms with Gasteiger partial charge in [0.05, 0.1) is 14.2 Å². The average molecular weight is 392 g/mol. The number of amides is 1. The molecule has 0 bridgehead atoms. The highest BCUT2D eigenvalue weighted by molar-refractivity contribution is 6.31. The summed E-state index contributed by atoms with van der Waals surface area (Å²) in [5.41, 5.74) is 2.33. The minimum absolute atomic E-state index is 0.139. The molecule has 2 aromatic carbocycles. The number of ether oxygens (including phenoxy) is 3. The molecule has 0 aliphatic carbocycles. The Balaban J connectivity index is 1.82. The van der Waals surface area contributed by atoms with E-state index in [0.717, 1.165) is 11.1 Å². The minimum Gasteiger partial charge on any atom is -0.497 e. The van der Waals surface area contributed by atoms with Crippen LogP contribution in [0.25, 0.3) is 0 Å². The first-order valence-electron chi connectivity index (χ1n) is 8.35. The van der Waals surface area contributed by atoms with Crippen LogP contribution in [0.1, 0.15) is 17.5 Å². The van der Waals surface area contributed by atoms with E-state index in [1.807, 2.05) is 19.1 Å². The van der Waals surface area contributed by atoms with Crippen LogP contribution in [0, 0.1) is 6.92 Å². The van der Waals surface area contributed by atoms with Crippen molar-refractivity contribution in [2.75, 3.05) is 26.1 Å². The molecule has 0 aliphatic rings. The van der Waals surface area contributed by atoms with Crippen LogP contribution in [0.2, 0.25) is 5.02 Å². The first kappa shape index (κ1) is 20.6. The summed E-state index contributed by atoms with van der Waals surface area (Å²) in [5.74, 6) is 0.412. The molecule has 0 aliphatic heterocycles. The number of anilines is 1. The summed E-state index contributed by atoms with van der Waals surface area (Å²) in [7, 11) is 3.13. The van der Waals surface area contributed by atoms with Crippen LogP contribution in [0.15, 0.2) is 36.4 Å². The zero-order valence-electron chi connectivity index (χ0n) is 15.5. The molecule has 0 radical (unpaired) electrons. The Hall–Kier alpha value is -2.73. The number of carbonyl (C=O) groups is 2. The van der Waals surface area contributed by atoms with Gasteiger partial charge in [-0.3, -0.25) is 9.59 Å². The lowest BCUT2D eigenvalue weighted by Crippen LogP contribution is -2.21. The smallest absolute Gasteiger partial charge is 0.306 e. The van der Waals surface area contributed by atoms with Crippen molar-refractivity contribution in [3.8, 4) is 11.5 Å². The molecule has 0 saturated heterocycles. The lowest BCUT2D eigenvalue weighted by molar-refractivity contribution is -0.147. The molecule has 0 heterocycles. The first-order chi connectivity index (χ1) is 12.9. The van der Waals surface area contributed by atoms with Crippen LogP contribution in [0.3, 0.4) is 0 Å². The predicted molar refractivity (Wildman–Crippen MR) is 104 cm³/mol. The van der Waals surface area contributed by atoms with Crippen LogP contribution >= 0.6 is 11.6 Å². The molecule has 2 aromatic rings. The lowest BCUT2D eigenvalue weighted by atomic mass is 10.1. The van der Waals surface area contributed by atoms with Crippen LogP contribution in [-0.2, 0) is 20.7 Å². The normalized spacial score (nSPS) is 10.2. The molecule has 1 N–H and O–H groups in total. The third-order valence-corrected chi connectivity index (χ3v) is 4.10. The van der Waals surface area contributed by atoms with Gasteiger partial charge >= 0.3 is 5.97 Å². The number of rotatable bonds is 8. The van der Waals surface area contributed by atoms with Crippen molar-refractivity contribution >= 4 is 29.2 Å². The Morgan fingerprint density at radius 3 is 2.33 bits per heavy atom. The average Bonchev–Trinajstić information content (AvgIpc) is 2.67. The van der Waals surface area contributed by atoms with Crippen LogP contribution in [0.5, 0.6) is 11.5 Å². The van der Waals surface area contributed by atoms with Gasteiger partial charge in [0.25, 0.3) is 5.91 Å². The Labute approximate surface area is 163 Å². The monoisotopic (exact) mass is 391 g/mol. The van der Waals surface area contributed by atoms with E-state index in [1.54, 1.807) is 38.5 Å². The number of esters is 1. The van der Waals surface area contributed by atoms with E-state index in [9.17, 15) is 9.59 Å². The maximum absolute atomic E-state index is 12.0. The number of benzene rings is 2. The Morgan fingerprint density at radius 1 is 1.04 bits per heavy atom. The molecular formula is C20H22ClNO5. The van der Waals surface area contributed by atoms with Crippen molar-refractivity contribution < 1.29 is 23.8 Å². The summed E-state index contributed by atoms with van der Waals surface area (Å²) in [6.45, 7) is 1.49. The molecule has 0 unspecified atom stereocenters. The zero-order chi connectivity index (χ0) is 19.8. The fourth-order valence-corrected chi connectivity index (χ4v) is 2.56. The van der Waals surface area contributed by atoms with Crippen molar-refractivity contribution in [2.45, 2.75) is 19.8 Å². The molecular weight excluding hydrogens is 370 g/mol. The molecule has 144 valence electrons. The highest BCUT2D eigenvalue weighted by atomic mass is 35.5. The van der Waals surface area contributed by atoms with Gasteiger partial charge in [0, 0.05) is 23.2 Å². The SMILES string of the molecule is COc1cc(CCC(=O)OCC(=O)Nc2cc(Cl)ccc2C)cc(OC)c1. The van der Waals surface area contributed by atoms with Crippen molar-refractivity contribution in [1.82, 2.24) is 0 Å². The quantitative estimate of drug-likeness (QED) is 0.693. The van der Waals surface area contributed by atoms with Gasteiger partial charge in [-0.2, -0.15) is 0 Å². The molecule has 0 aromatic heterocycles. The molecule has 0 atom stereocenters. The molecule has 1 amide bonds. The van der Waals surface area contributed by atoms with Crippen LogP contribution < -0.4 is 14.8 Å². The van der Waals surface area contributed by atoms with Crippen LogP contribution in [0.4, 0.5) is 5.69 Å². The highest BCUT2D eigenvalue weighted by Crippen LogP contribution is 2.23. The van der Waals surface area contributed by atoms with Crippen LogP contribution in [-0.4, -0.2) is 32.7 Å². The maximum Gasteiger partial charge on any atom is 0.306 e. The Kier molecular flexibility index (Phi) is 7.49. The fraction of sp³-hybridized carbons (Fsp3) is 0.300. The molecule has 6 nitrogen and oxygen atoms in total. The molecule has 0 saturated carbocycles. The van der Waals surface area contributed by atoms with Gasteiger partial charge in [-0.1, -0.05) is 17.7 Å². The number of nitrogens with one attached hydrogen (secondary N) is 1. The van der Waals surface area contributed by atoms with Crippen molar-refractivity contribution in [2.24, 2.45) is 0 Å². The summed E-state index contributed by atoms with van der Waals surface area (Å²) in [4.78, 5) is 23.9. The van der Waals surface area contributed by atoms with Crippen molar-refractivity contribution in [1.29, 1.82) is 0 Å².